The van der Waals surface area contributed by atoms with Crippen LogP contribution in [0.2, 0.25) is 0 Å². The first kappa shape index (κ1) is 16.6. The van der Waals surface area contributed by atoms with Crippen LogP contribution < -0.4 is 0 Å². The molecule has 2 saturated heterocycles. The predicted molar refractivity (Wildman–Crippen MR) is 96.5 cm³/mol. The Hall–Kier alpha value is -0.910. The van der Waals surface area contributed by atoms with Crippen molar-refractivity contribution in [3.63, 3.8) is 0 Å². The fraction of sp³-hybridized carbons (Fsp3) is 0.684. The van der Waals surface area contributed by atoms with Crippen LogP contribution >= 0.6 is 0 Å². The van der Waals surface area contributed by atoms with Gasteiger partial charge in [-0.1, -0.05) is 30.3 Å². The minimum absolute atomic E-state index is 0.0716. The maximum absolute atomic E-state index is 12.5. The number of sulfonamides is 1. The van der Waals surface area contributed by atoms with Gasteiger partial charge in [0, 0.05) is 26.2 Å². The van der Waals surface area contributed by atoms with Gasteiger partial charge in [-0.25, -0.2) is 12.7 Å². The van der Waals surface area contributed by atoms with Crippen LogP contribution in [0.3, 0.4) is 0 Å². The first-order valence-corrected chi connectivity index (χ1v) is 10.7. The maximum atomic E-state index is 12.5. The molecule has 0 bridgehead atoms. The second-order valence-electron chi connectivity index (χ2n) is 8.15. The van der Waals surface area contributed by atoms with Crippen LogP contribution in [0.5, 0.6) is 0 Å². The molecule has 2 aliphatic heterocycles. The highest BCUT2D eigenvalue weighted by Gasteiger charge is 2.46. The maximum Gasteiger partial charge on any atom is 0.216 e. The van der Waals surface area contributed by atoms with Gasteiger partial charge in [0.15, 0.2) is 0 Å². The van der Waals surface area contributed by atoms with Gasteiger partial charge in [0.1, 0.15) is 0 Å². The summed E-state index contributed by atoms with van der Waals surface area (Å²) >= 11 is 0. The fourth-order valence-electron chi connectivity index (χ4n) is 4.77. The molecule has 0 radical (unpaired) electrons. The Morgan fingerprint density at radius 2 is 1.75 bits per heavy atom. The van der Waals surface area contributed by atoms with Crippen molar-refractivity contribution in [3.8, 4) is 0 Å². The quantitative estimate of drug-likeness (QED) is 0.843. The van der Waals surface area contributed by atoms with Crippen LogP contribution in [0, 0.1) is 5.41 Å². The lowest BCUT2D eigenvalue weighted by Gasteiger charge is -2.49. The molecule has 4 rings (SSSR count). The summed E-state index contributed by atoms with van der Waals surface area (Å²) in [6, 6.07) is 10.8. The number of hydrogen-bond donors (Lipinski definition) is 0. The molecular formula is C19H28N2O2S. The van der Waals surface area contributed by atoms with E-state index in [0.717, 1.165) is 38.8 Å². The Morgan fingerprint density at radius 1 is 1.08 bits per heavy atom. The zero-order valence-electron chi connectivity index (χ0n) is 14.5. The van der Waals surface area contributed by atoms with Gasteiger partial charge in [-0.05, 0) is 56.0 Å². The zero-order chi connectivity index (χ0) is 16.8. The van der Waals surface area contributed by atoms with Gasteiger partial charge < -0.3 is 4.90 Å². The van der Waals surface area contributed by atoms with Crippen LogP contribution in [0.1, 0.15) is 43.6 Å². The van der Waals surface area contributed by atoms with Crippen LogP contribution in [0.4, 0.5) is 0 Å². The predicted octanol–water partition coefficient (Wildman–Crippen LogP) is 2.68. The van der Waals surface area contributed by atoms with Crippen molar-refractivity contribution in [2.24, 2.45) is 5.41 Å². The number of piperidine rings is 2. The zero-order valence-corrected chi connectivity index (χ0v) is 15.3. The first-order valence-electron chi connectivity index (χ1n) is 9.21. The molecule has 2 heterocycles. The first-order chi connectivity index (χ1) is 11.5. The van der Waals surface area contributed by atoms with Crippen molar-refractivity contribution in [2.75, 3.05) is 33.2 Å². The van der Waals surface area contributed by atoms with Crippen molar-refractivity contribution >= 4 is 10.0 Å². The van der Waals surface area contributed by atoms with Gasteiger partial charge in [0.05, 0.1) is 5.25 Å². The van der Waals surface area contributed by atoms with E-state index in [-0.39, 0.29) is 10.7 Å². The number of rotatable bonds is 3. The molecule has 4 nitrogen and oxygen atoms in total. The molecule has 1 aliphatic carbocycles. The molecule has 5 heteroatoms. The third-order valence-corrected chi connectivity index (χ3v) is 8.58. The third-order valence-electron chi connectivity index (χ3n) is 6.18. The average molecular weight is 349 g/mol. The van der Waals surface area contributed by atoms with E-state index in [1.807, 2.05) is 0 Å². The molecule has 3 fully saturated rings. The molecular weight excluding hydrogens is 320 g/mol. The number of hydrogen-bond acceptors (Lipinski definition) is 3. The minimum Gasteiger partial charge on any atom is -0.305 e. The molecule has 1 atom stereocenters. The molecule has 0 aromatic heterocycles. The van der Waals surface area contributed by atoms with Gasteiger partial charge in [-0.15, -0.1) is 0 Å². The van der Waals surface area contributed by atoms with E-state index in [2.05, 4.69) is 42.3 Å². The lowest BCUT2D eigenvalue weighted by molar-refractivity contribution is 0.0441. The molecule has 0 unspecified atom stereocenters. The summed E-state index contributed by atoms with van der Waals surface area (Å²) in [7, 11) is -0.791. The van der Waals surface area contributed by atoms with Gasteiger partial charge in [0.25, 0.3) is 0 Å². The van der Waals surface area contributed by atoms with E-state index in [9.17, 15) is 8.42 Å². The normalized spacial score (nSPS) is 29.0. The summed E-state index contributed by atoms with van der Waals surface area (Å²) in [4.78, 5) is 2.45. The van der Waals surface area contributed by atoms with Crippen molar-refractivity contribution in [1.29, 1.82) is 0 Å². The number of likely N-dealkylation sites (tertiary alicyclic amines) is 1. The Labute approximate surface area is 145 Å². The summed E-state index contributed by atoms with van der Waals surface area (Å²) in [6.45, 7) is 3.64. The van der Waals surface area contributed by atoms with Crippen LogP contribution in [-0.4, -0.2) is 56.1 Å². The SMILES string of the molecule is CN1C[C@@H](c2ccccc2)CC2(CCN(S(=O)(=O)C3CC3)CC2)C1. The van der Waals surface area contributed by atoms with Crippen molar-refractivity contribution in [3.05, 3.63) is 35.9 Å². The summed E-state index contributed by atoms with van der Waals surface area (Å²) in [6.07, 6.45) is 4.93. The molecule has 1 spiro atoms. The summed E-state index contributed by atoms with van der Waals surface area (Å²) < 4.78 is 26.7. The lowest BCUT2D eigenvalue weighted by Crippen LogP contribution is -2.51. The molecule has 1 aromatic rings. The van der Waals surface area contributed by atoms with E-state index in [0.29, 0.717) is 19.0 Å². The highest BCUT2D eigenvalue weighted by Crippen LogP contribution is 2.45. The molecule has 132 valence electrons. The number of nitrogens with zero attached hydrogens (tertiary/aromatic N) is 2. The fourth-order valence-corrected chi connectivity index (χ4v) is 6.61. The monoisotopic (exact) mass is 348 g/mol. The van der Waals surface area contributed by atoms with Gasteiger partial charge >= 0.3 is 0 Å². The van der Waals surface area contributed by atoms with E-state index in [1.165, 1.54) is 12.0 Å². The smallest absolute Gasteiger partial charge is 0.216 e. The second-order valence-corrected chi connectivity index (χ2v) is 10.4. The average Bonchev–Trinajstić information content (AvgIpc) is 3.41. The lowest BCUT2D eigenvalue weighted by atomic mass is 9.68. The van der Waals surface area contributed by atoms with E-state index >= 15 is 0 Å². The van der Waals surface area contributed by atoms with Crippen LogP contribution in [-0.2, 0) is 10.0 Å². The molecule has 0 N–H and O–H groups in total. The van der Waals surface area contributed by atoms with Crippen molar-refractivity contribution in [1.82, 2.24) is 9.21 Å². The second kappa shape index (κ2) is 6.11. The van der Waals surface area contributed by atoms with Crippen molar-refractivity contribution < 1.29 is 8.42 Å². The van der Waals surface area contributed by atoms with E-state index in [4.69, 9.17) is 0 Å². The minimum atomic E-state index is -3.00. The van der Waals surface area contributed by atoms with Crippen LogP contribution in [0.15, 0.2) is 30.3 Å². The number of benzene rings is 1. The van der Waals surface area contributed by atoms with Gasteiger partial charge in [-0.2, -0.15) is 0 Å². The molecule has 1 aromatic carbocycles. The van der Waals surface area contributed by atoms with E-state index < -0.39 is 10.0 Å². The summed E-state index contributed by atoms with van der Waals surface area (Å²) in [5.41, 5.74) is 1.71. The van der Waals surface area contributed by atoms with Gasteiger partial charge in [-0.3, -0.25) is 0 Å². The summed E-state index contributed by atoms with van der Waals surface area (Å²) in [5.74, 6) is 0.566. The standard InChI is InChI=1S/C19H28N2O2S/c1-20-14-17(16-5-3-2-4-6-16)13-19(15-20)9-11-21(12-10-19)24(22,23)18-7-8-18/h2-6,17-18H,7-15H2,1H3/t17-/m0/s1. The largest absolute Gasteiger partial charge is 0.305 e. The molecule has 24 heavy (non-hydrogen) atoms. The summed E-state index contributed by atoms with van der Waals surface area (Å²) in [5, 5.41) is -0.0716. The topological polar surface area (TPSA) is 40.6 Å². The Kier molecular flexibility index (Phi) is 4.22. The number of likely N-dealkylation sites (N-methyl/N-ethyl adjacent to an activating group) is 1. The van der Waals surface area contributed by atoms with Crippen molar-refractivity contribution in [2.45, 2.75) is 43.3 Å². The van der Waals surface area contributed by atoms with E-state index in [1.54, 1.807) is 4.31 Å². The Morgan fingerprint density at radius 3 is 2.38 bits per heavy atom. The highest BCUT2D eigenvalue weighted by atomic mass is 32.2. The van der Waals surface area contributed by atoms with Gasteiger partial charge in [0.2, 0.25) is 10.0 Å². The Balaban J connectivity index is 1.47. The Bertz CT molecular complexity index is 677. The van der Waals surface area contributed by atoms with Crippen LogP contribution in [0.25, 0.3) is 0 Å². The molecule has 1 saturated carbocycles. The molecule has 3 aliphatic rings. The molecule has 0 amide bonds. The third kappa shape index (κ3) is 3.14. The highest BCUT2D eigenvalue weighted by molar-refractivity contribution is 7.90.